The zero-order chi connectivity index (χ0) is 25.7. The third-order valence-corrected chi connectivity index (χ3v) is 6.54. The Labute approximate surface area is 207 Å². The molecule has 1 fully saturated rings. The van der Waals surface area contributed by atoms with Crippen LogP contribution in [0.25, 0.3) is 5.76 Å². The molecule has 0 aromatic heterocycles. The summed E-state index contributed by atoms with van der Waals surface area (Å²) in [4.78, 5) is 30.4. The number of ether oxygens (including phenoxy) is 2. The number of carbonyl (C=O) groups excluding carboxylic acids is 2. The maximum atomic E-state index is 13.3. The Kier molecular flexibility index (Phi) is 8.57. The topological polar surface area (TPSA) is 79.3 Å². The van der Waals surface area contributed by atoms with E-state index in [0.717, 1.165) is 24.2 Å². The molecule has 1 saturated heterocycles. The van der Waals surface area contributed by atoms with Crippen LogP contribution in [0.1, 0.15) is 49.1 Å². The van der Waals surface area contributed by atoms with Gasteiger partial charge in [-0.3, -0.25) is 9.59 Å². The predicted molar refractivity (Wildman–Crippen MR) is 137 cm³/mol. The zero-order valence-electron chi connectivity index (χ0n) is 21.6. The first-order chi connectivity index (χ1) is 16.8. The van der Waals surface area contributed by atoms with Gasteiger partial charge in [0.05, 0.1) is 25.3 Å². The van der Waals surface area contributed by atoms with E-state index in [-0.39, 0.29) is 11.3 Å². The number of likely N-dealkylation sites (tertiary alicyclic amines) is 1. The number of hydrogen-bond acceptors (Lipinski definition) is 6. The van der Waals surface area contributed by atoms with E-state index in [9.17, 15) is 14.7 Å². The fraction of sp³-hybridized carbons (Fsp3) is 0.429. The lowest BCUT2D eigenvalue weighted by Gasteiger charge is -2.28. The molecule has 188 valence electrons. The minimum atomic E-state index is -0.741. The van der Waals surface area contributed by atoms with Gasteiger partial charge in [0.25, 0.3) is 11.7 Å². The molecule has 1 aliphatic heterocycles. The number of aryl methyl sites for hydroxylation is 2. The van der Waals surface area contributed by atoms with E-state index < -0.39 is 17.7 Å². The van der Waals surface area contributed by atoms with Crippen molar-refractivity contribution in [3.63, 3.8) is 0 Å². The number of aliphatic hydroxyl groups is 1. The second-order valence-electron chi connectivity index (χ2n) is 8.68. The summed E-state index contributed by atoms with van der Waals surface area (Å²) in [6, 6.07) is 10.3. The van der Waals surface area contributed by atoms with Gasteiger partial charge < -0.3 is 24.4 Å². The Morgan fingerprint density at radius 3 is 2.37 bits per heavy atom. The SMILES string of the molecule is CCOc1ccc(C2/C(=C(\O)c3cc(C)ccc3C)C(=O)C(=O)N2CCN(CC)CC)cc1OC. The highest BCUT2D eigenvalue weighted by Gasteiger charge is 2.46. The van der Waals surface area contributed by atoms with E-state index in [1.165, 1.54) is 0 Å². The molecule has 0 aliphatic carbocycles. The Bertz CT molecular complexity index is 1120. The lowest BCUT2D eigenvalue weighted by atomic mass is 9.93. The fourth-order valence-electron chi connectivity index (χ4n) is 4.51. The monoisotopic (exact) mass is 480 g/mol. The summed E-state index contributed by atoms with van der Waals surface area (Å²) >= 11 is 0. The van der Waals surface area contributed by atoms with Gasteiger partial charge in [-0.2, -0.15) is 0 Å². The van der Waals surface area contributed by atoms with Crippen molar-refractivity contribution < 1.29 is 24.2 Å². The van der Waals surface area contributed by atoms with Gasteiger partial charge in [-0.25, -0.2) is 0 Å². The van der Waals surface area contributed by atoms with E-state index in [1.54, 1.807) is 24.1 Å². The summed E-state index contributed by atoms with van der Waals surface area (Å²) in [5, 5.41) is 11.4. The van der Waals surface area contributed by atoms with Gasteiger partial charge in [0.1, 0.15) is 5.76 Å². The molecule has 2 aromatic rings. The molecule has 0 bridgehead atoms. The lowest BCUT2D eigenvalue weighted by molar-refractivity contribution is -0.140. The maximum Gasteiger partial charge on any atom is 0.295 e. The van der Waals surface area contributed by atoms with Crippen molar-refractivity contribution in [1.29, 1.82) is 0 Å². The second kappa shape index (κ2) is 11.4. The van der Waals surface area contributed by atoms with Crippen LogP contribution in [0.2, 0.25) is 0 Å². The molecular weight excluding hydrogens is 444 g/mol. The number of amides is 1. The van der Waals surface area contributed by atoms with Gasteiger partial charge in [-0.1, -0.05) is 37.6 Å². The second-order valence-corrected chi connectivity index (χ2v) is 8.68. The number of likely N-dealkylation sites (N-methyl/N-ethyl adjacent to an activating group) is 1. The molecule has 1 atom stereocenters. The van der Waals surface area contributed by atoms with Crippen molar-refractivity contribution in [3.05, 3.63) is 64.2 Å². The van der Waals surface area contributed by atoms with Gasteiger partial charge in [0.15, 0.2) is 11.5 Å². The summed E-state index contributed by atoms with van der Waals surface area (Å²) in [6.45, 7) is 12.9. The van der Waals surface area contributed by atoms with Gasteiger partial charge in [-0.05, 0) is 63.2 Å². The number of rotatable bonds is 10. The highest BCUT2D eigenvalue weighted by atomic mass is 16.5. The van der Waals surface area contributed by atoms with Crippen LogP contribution < -0.4 is 9.47 Å². The van der Waals surface area contributed by atoms with Crippen LogP contribution in [0, 0.1) is 13.8 Å². The molecular formula is C28H36N2O5. The van der Waals surface area contributed by atoms with Crippen LogP contribution in [-0.4, -0.2) is 66.5 Å². The maximum absolute atomic E-state index is 13.3. The van der Waals surface area contributed by atoms with Crippen LogP contribution in [-0.2, 0) is 9.59 Å². The number of methoxy groups -OCH3 is 1. The van der Waals surface area contributed by atoms with Crippen LogP contribution in [0.4, 0.5) is 0 Å². The molecule has 3 rings (SSSR count). The number of nitrogens with zero attached hydrogens (tertiary/aromatic N) is 2. The van der Waals surface area contributed by atoms with Crippen LogP contribution in [0.5, 0.6) is 11.5 Å². The molecule has 1 N–H and O–H groups in total. The van der Waals surface area contributed by atoms with Crippen molar-refractivity contribution in [2.45, 2.75) is 40.7 Å². The molecule has 1 aliphatic rings. The van der Waals surface area contributed by atoms with Gasteiger partial charge >= 0.3 is 0 Å². The van der Waals surface area contributed by atoms with Crippen molar-refractivity contribution in [3.8, 4) is 11.5 Å². The fourth-order valence-corrected chi connectivity index (χ4v) is 4.51. The predicted octanol–water partition coefficient (Wildman–Crippen LogP) is 4.47. The normalized spacial score (nSPS) is 17.3. The molecule has 1 unspecified atom stereocenters. The number of Topliss-reactive ketones (excluding diaryl/α,β-unsaturated/α-hetero) is 1. The van der Waals surface area contributed by atoms with E-state index >= 15 is 0 Å². The minimum Gasteiger partial charge on any atom is -0.507 e. The highest BCUT2D eigenvalue weighted by Crippen LogP contribution is 2.42. The largest absolute Gasteiger partial charge is 0.507 e. The van der Waals surface area contributed by atoms with Crippen molar-refractivity contribution in [1.82, 2.24) is 9.80 Å². The Hall–Kier alpha value is -3.32. The van der Waals surface area contributed by atoms with Crippen molar-refractivity contribution >= 4 is 17.4 Å². The molecule has 1 heterocycles. The van der Waals surface area contributed by atoms with Gasteiger partial charge in [-0.15, -0.1) is 0 Å². The Morgan fingerprint density at radius 2 is 1.74 bits per heavy atom. The average molecular weight is 481 g/mol. The van der Waals surface area contributed by atoms with E-state index in [4.69, 9.17) is 9.47 Å². The number of aliphatic hydroxyl groups excluding tert-OH is 1. The number of hydrogen-bond donors (Lipinski definition) is 1. The van der Waals surface area contributed by atoms with E-state index in [1.807, 2.05) is 45.0 Å². The third kappa shape index (κ3) is 5.35. The van der Waals surface area contributed by atoms with E-state index in [0.29, 0.717) is 42.3 Å². The molecule has 0 saturated carbocycles. The summed E-state index contributed by atoms with van der Waals surface area (Å²) in [7, 11) is 1.55. The molecule has 1 amide bonds. The Morgan fingerprint density at radius 1 is 1.03 bits per heavy atom. The molecule has 35 heavy (non-hydrogen) atoms. The number of benzene rings is 2. The Balaban J connectivity index is 2.19. The first kappa shape index (κ1) is 26.3. The summed E-state index contributed by atoms with van der Waals surface area (Å²) in [6.07, 6.45) is 0. The quantitative estimate of drug-likeness (QED) is 0.307. The molecule has 0 spiro atoms. The van der Waals surface area contributed by atoms with Crippen molar-refractivity contribution in [2.24, 2.45) is 0 Å². The van der Waals surface area contributed by atoms with Crippen molar-refractivity contribution in [2.75, 3.05) is 39.9 Å². The number of carbonyl (C=O) groups is 2. The summed E-state index contributed by atoms with van der Waals surface area (Å²) in [5.74, 6) is -0.366. The lowest BCUT2D eigenvalue weighted by Crippen LogP contribution is -2.38. The first-order valence-electron chi connectivity index (χ1n) is 12.2. The van der Waals surface area contributed by atoms with Crippen LogP contribution in [0.15, 0.2) is 42.0 Å². The van der Waals surface area contributed by atoms with E-state index in [2.05, 4.69) is 18.7 Å². The van der Waals surface area contributed by atoms with Gasteiger partial charge in [0.2, 0.25) is 0 Å². The summed E-state index contributed by atoms with van der Waals surface area (Å²) in [5.41, 5.74) is 3.10. The molecule has 0 radical (unpaired) electrons. The average Bonchev–Trinajstić information content (AvgIpc) is 3.11. The highest BCUT2D eigenvalue weighted by molar-refractivity contribution is 6.46. The third-order valence-electron chi connectivity index (χ3n) is 6.54. The van der Waals surface area contributed by atoms with Crippen LogP contribution in [0.3, 0.4) is 0 Å². The molecule has 7 heteroatoms. The number of ketones is 1. The minimum absolute atomic E-state index is 0.0921. The summed E-state index contributed by atoms with van der Waals surface area (Å²) < 4.78 is 11.2. The molecule has 7 nitrogen and oxygen atoms in total. The first-order valence-corrected chi connectivity index (χ1v) is 12.2. The van der Waals surface area contributed by atoms with Crippen LogP contribution >= 0.6 is 0 Å². The smallest absolute Gasteiger partial charge is 0.295 e. The standard InChI is InChI=1S/C28H36N2O5/c1-7-29(8-2)14-15-30-25(20-12-13-22(35-9-3)23(17-20)34-6)24(27(32)28(30)33)26(31)21-16-18(4)10-11-19(21)5/h10-13,16-17,25,31H,7-9,14-15H2,1-6H3/b26-24+. The molecule has 2 aromatic carbocycles. The van der Waals surface area contributed by atoms with Gasteiger partial charge in [0, 0.05) is 18.7 Å². The zero-order valence-corrected chi connectivity index (χ0v) is 21.6.